The van der Waals surface area contributed by atoms with E-state index < -0.39 is 6.10 Å². The molecule has 0 aliphatic heterocycles. The Balaban J connectivity index is 4.26. The molecule has 0 bridgehead atoms. The van der Waals surface area contributed by atoms with Crippen LogP contribution in [0, 0.1) is 0 Å². The fraction of sp³-hybridized carbons (Fsp3) is 0.930. The van der Waals surface area contributed by atoms with E-state index in [1.54, 1.807) is 0 Å². The van der Waals surface area contributed by atoms with E-state index in [2.05, 4.69) is 32.9 Å². The fourth-order valence-corrected chi connectivity index (χ4v) is 11.0. The molecule has 0 N–H and O–H groups in total. The maximum atomic E-state index is 12.9. The lowest BCUT2D eigenvalue weighted by Gasteiger charge is -2.18. The maximum Gasteiger partial charge on any atom is 0.306 e. The molecule has 456 valence electrons. The first-order chi connectivity index (χ1) is 38.0. The summed E-state index contributed by atoms with van der Waals surface area (Å²) in [5, 5.41) is 0. The van der Waals surface area contributed by atoms with Gasteiger partial charge in [-0.15, -0.1) is 0 Å². The summed E-state index contributed by atoms with van der Waals surface area (Å²) in [5.74, 6) is -0.838. The minimum atomic E-state index is -0.770. The molecule has 0 aromatic heterocycles. The minimum absolute atomic E-state index is 0.0655. The molecule has 1 atom stereocenters. The van der Waals surface area contributed by atoms with Crippen LogP contribution in [0.25, 0.3) is 0 Å². The van der Waals surface area contributed by atoms with Crippen molar-refractivity contribution in [2.24, 2.45) is 0 Å². The largest absolute Gasteiger partial charge is 0.462 e. The Hall–Kier alpha value is -1.85. The van der Waals surface area contributed by atoms with Crippen molar-refractivity contribution >= 4 is 17.9 Å². The smallest absolute Gasteiger partial charge is 0.306 e. The summed E-state index contributed by atoms with van der Waals surface area (Å²) in [4.78, 5) is 38.4. The van der Waals surface area contributed by atoms with E-state index in [9.17, 15) is 14.4 Å². The van der Waals surface area contributed by atoms with E-state index in [0.29, 0.717) is 19.3 Å². The zero-order chi connectivity index (χ0) is 55.7. The van der Waals surface area contributed by atoms with Crippen molar-refractivity contribution in [1.82, 2.24) is 0 Å². The van der Waals surface area contributed by atoms with Crippen LogP contribution in [0.3, 0.4) is 0 Å². The monoisotopic (exact) mass is 1090 g/mol. The third kappa shape index (κ3) is 64.9. The summed E-state index contributed by atoms with van der Waals surface area (Å²) < 4.78 is 17.0. The highest BCUT2D eigenvalue weighted by Crippen LogP contribution is 2.19. The summed E-state index contributed by atoms with van der Waals surface area (Å²) in [6.45, 7) is 6.73. The van der Waals surface area contributed by atoms with Gasteiger partial charge in [0, 0.05) is 19.3 Å². The van der Waals surface area contributed by atoms with Crippen molar-refractivity contribution in [2.45, 2.75) is 412 Å². The lowest BCUT2D eigenvalue weighted by Crippen LogP contribution is -2.30. The average molecular weight is 1090 g/mol. The lowest BCUT2D eigenvalue weighted by atomic mass is 10.0. The van der Waals surface area contributed by atoms with E-state index in [0.717, 1.165) is 64.2 Å². The Labute approximate surface area is 481 Å². The van der Waals surface area contributed by atoms with Gasteiger partial charge in [-0.05, 0) is 44.9 Å². The number of esters is 3. The van der Waals surface area contributed by atoms with Crippen LogP contribution in [-0.4, -0.2) is 37.2 Å². The molecule has 0 aromatic carbocycles. The Kier molecular flexibility index (Phi) is 65.1. The predicted octanol–water partition coefficient (Wildman–Crippen LogP) is 24.0. The van der Waals surface area contributed by atoms with E-state index >= 15 is 0 Å². The number of rotatable bonds is 66. The second-order valence-corrected chi connectivity index (χ2v) is 24.2. The SMILES string of the molecule is CCCCCCCCC/C=C\CCCCCCCC(=O)OCC(COC(=O)CCCCCCCCCCCCCCCCCCCCCCCCC)OC(=O)CCCCCCCCCCCCCCCCCCCCCC. The Morgan fingerprint density at radius 1 is 0.247 bits per heavy atom. The van der Waals surface area contributed by atoms with Crippen molar-refractivity contribution in [3.63, 3.8) is 0 Å². The van der Waals surface area contributed by atoms with Crippen molar-refractivity contribution < 1.29 is 28.6 Å². The Morgan fingerprint density at radius 2 is 0.429 bits per heavy atom. The first-order valence-electron chi connectivity index (χ1n) is 35.2. The van der Waals surface area contributed by atoms with Gasteiger partial charge in [-0.1, -0.05) is 354 Å². The summed E-state index contributed by atoms with van der Waals surface area (Å²) >= 11 is 0. The molecule has 6 nitrogen and oxygen atoms in total. The predicted molar refractivity (Wildman–Crippen MR) is 335 cm³/mol. The number of ether oxygens (including phenoxy) is 3. The average Bonchev–Trinajstić information content (AvgIpc) is 3.43. The molecule has 0 heterocycles. The van der Waals surface area contributed by atoms with Crippen LogP contribution in [0.5, 0.6) is 0 Å². The van der Waals surface area contributed by atoms with Crippen LogP contribution in [0.4, 0.5) is 0 Å². The molecular formula is C71H136O6. The van der Waals surface area contributed by atoms with Crippen LogP contribution < -0.4 is 0 Å². The number of carbonyl (C=O) groups excluding carboxylic acids is 3. The molecule has 77 heavy (non-hydrogen) atoms. The molecule has 1 unspecified atom stereocenters. The molecule has 0 amide bonds. The lowest BCUT2D eigenvalue weighted by molar-refractivity contribution is -0.167. The normalized spacial score (nSPS) is 12.0. The summed E-state index contributed by atoms with van der Waals surface area (Å²) in [5.41, 5.74) is 0. The summed E-state index contributed by atoms with van der Waals surface area (Å²) in [7, 11) is 0. The van der Waals surface area contributed by atoms with Gasteiger partial charge in [-0.25, -0.2) is 0 Å². The molecule has 0 spiro atoms. The van der Waals surface area contributed by atoms with Crippen molar-refractivity contribution in [1.29, 1.82) is 0 Å². The van der Waals surface area contributed by atoms with Crippen LogP contribution >= 0.6 is 0 Å². The van der Waals surface area contributed by atoms with Crippen LogP contribution in [0.2, 0.25) is 0 Å². The van der Waals surface area contributed by atoms with Crippen molar-refractivity contribution in [3.05, 3.63) is 12.2 Å². The van der Waals surface area contributed by atoms with E-state index in [4.69, 9.17) is 14.2 Å². The Bertz CT molecular complexity index is 1200. The van der Waals surface area contributed by atoms with Crippen LogP contribution in [0.1, 0.15) is 406 Å². The van der Waals surface area contributed by atoms with Gasteiger partial charge >= 0.3 is 17.9 Å². The number of hydrogen-bond acceptors (Lipinski definition) is 6. The molecule has 0 saturated carbocycles. The molecule has 0 aliphatic carbocycles. The van der Waals surface area contributed by atoms with Gasteiger partial charge in [0.1, 0.15) is 13.2 Å². The molecule has 0 rings (SSSR count). The third-order valence-electron chi connectivity index (χ3n) is 16.3. The number of carbonyl (C=O) groups is 3. The summed E-state index contributed by atoms with van der Waals surface area (Å²) in [6, 6.07) is 0. The van der Waals surface area contributed by atoms with Gasteiger partial charge < -0.3 is 14.2 Å². The van der Waals surface area contributed by atoms with E-state index in [-0.39, 0.29) is 31.1 Å². The molecule has 6 heteroatoms. The van der Waals surface area contributed by atoms with Crippen LogP contribution in [0.15, 0.2) is 12.2 Å². The third-order valence-corrected chi connectivity index (χ3v) is 16.3. The topological polar surface area (TPSA) is 78.9 Å². The van der Waals surface area contributed by atoms with Gasteiger partial charge in [0.15, 0.2) is 6.10 Å². The van der Waals surface area contributed by atoms with E-state index in [1.807, 2.05) is 0 Å². The zero-order valence-electron chi connectivity index (χ0n) is 52.5. The number of hydrogen-bond donors (Lipinski definition) is 0. The van der Waals surface area contributed by atoms with Crippen molar-refractivity contribution in [3.8, 4) is 0 Å². The molecule has 0 fully saturated rings. The first kappa shape index (κ1) is 75.2. The van der Waals surface area contributed by atoms with Crippen molar-refractivity contribution in [2.75, 3.05) is 13.2 Å². The standard InChI is InChI=1S/C71H136O6/c1-4-7-10-13-16-19-22-25-28-31-33-35-36-37-39-40-43-46-49-52-55-58-61-64-70(73)76-67-68(66-75-69(72)63-60-57-54-51-48-45-42-30-27-24-21-18-15-12-9-6-3)77-71(74)65-62-59-56-53-50-47-44-41-38-34-32-29-26-23-20-17-14-11-8-5-2/h30,42,68H,4-29,31-41,43-67H2,1-3H3/b42-30-. The highest BCUT2D eigenvalue weighted by molar-refractivity contribution is 5.71. The zero-order valence-corrected chi connectivity index (χ0v) is 52.5. The minimum Gasteiger partial charge on any atom is -0.462 e. The molecular weight excluding hydrogens is 949 g/mol. The molecule has 0 aliphatic rings. The highest BCUT2D eigenvalue weighted by Gasteiger charge is 2.19. The molecule has 0 radical (unpaired) electrons. The van der Waals surface area contributed by atoms with Gasteiger partial charge in [-0.2, -0.15) is 0 Å². The molecule has 0 saturated heterocycles. The quantitative estimate of drug-likeness (QED) is 0.0261. The highest BCUT2D eigenvalue weighted by atomic mass is 16.6. The number of allylic oxidation sites excluding steroid dienone is 2. The second-order valence-electron chi connectivity index (χ2n) is 24.2. The van der Waals surface area contributed by atoms with E-state index in [1.165, 1.54) is 302 Å². The first-order valence-corrected chi connectivity index (χ1v) is 35.2. The van der Waals surface area contributed by atoms with Gasteiger partial charge in [0.05, 0.1) is 0 Å². The number of unbranched alkanes of at least 4 members (excludes halogenated alkanes) is 53. The molecule has 0 aromatic rings. The fourth-order valence-electron chi connectivity index (χ4n) is 11.0. The summed E-state index contributed by atoms with van der Waals surface area (Å²) in [6.07, 6.45) is 79.5. The van der Waals surface area contributed by atoms with Gasteiger partial charge in [-0.3, -0.25) is 14.4 Å². The maximum absolute atomic E-state index is 12.9. The van der Waals surface area contributed by atoms with Gasteiger partial charge in [0.25, 0.3) is 0 Å². The van der Waals surface area contributed by atoms with Crippen LogP contribution in [-0.2, 0) is 28.6 Å². The Morgan fingerprint density at radius 3 is 0.649 bits per heavy atom. The van der Waals surface area contributed by atoms with Gasteiger partial charge in [0.2, 0.25) is 0 Å². The second kappa shape index (κ2) is 66.7.